The smallest absolute Gasteiger partial charge is 0.223 e. The van der Waals surface area contributed by atoms with E-state index in [1.54, 1.807) is 0 Å². The zero-order valence-corrected chi connectivity index (χ0v) is 12.6. The number of aromatic amines is 1. The van der Waals surface area contributed by atoms with Gasteiger partial charge >= 0.3 is 0 Å². The highest BCUT2D eigenvalue weighted by Gasteiger charge is 2.22. The van der Waals surface area contributed by atoms with Crippen LogP contribution in [0.5, 0.6) is 0 Å². The van der Waals surface area contributed by atoms with Crippen LogP contribution in [0, 0.1) is 11.8 Å². The van der Waals surface area contributed by atoms with Gasteiger partial charge < -0.3 is 14.6 Å². The minimum Gasteiger partial charge on any atom is -0.381 e. The molecule has 112 valence electrons. The Kier molecular flexibility index (Phi) is 5.65. The maximum Gasteiger partial charge on any atom is 0.223 e. The number of H-pyrrole nitrogens is 1. The zero-order chi connectivity index (χ0) is 14.4. The summed E-state index contributed by atoms with van der Waals surface area (Å²) in [6, 6.07) is 2.04. The Morgan fingerprint density at radius 3 is 2.80 bits per heavy atom. The molecule has 1 aromatic rings. The van der Waals surface area contributed by atoms with E-state index < -0.39 is 0 Å². The lowest BCUT2D eigenvalue weighted by atomic mass is 9.95. The van der Waals surface area contributed by atoms with Gasteiger partial charge in [-0.3, -0.25) is 4.79 Å². The van der Waals surface area contributed by atoms with Crippen LogP contribution in [0.25, 0.3) is 0 Å². The van der Waals surface area contributed by atoms with Crippen LogP contribution in [0.4, 0.5) is 0 Å². The van der Waals surface area contributed by atoms with Gasteiger partial charge in [0.1, 0.15) is 0 Å². The normalized spacial score (nSPS) is 16.6. The van der Waals surface area contributed by atoms with Crippen LogP contribution in [0.15, 0.2) is 18.5 Å². The molecule has 1 amide bonds. The highest BCUT2D eigenvalue weighted by atomic mass is 16.5. The zero-order valence-electron chi connectivity index (χ0n) is 12.6. The first kappa shape index (κ1) is 15.1. The summed E-state index contributed by atoms with van der Waals surface area (Å²) in [6.45, 7) is 7.47. The van der Waals surface area contributed by atoms with Crippen LogP contribution >= 0.6 is 0 Å². The number of amides is 1. The largest absolute Gasteiger partial charge is 0.381 e. The van der Waals surface area contributed by atoms with Crippen molar-refractivity contribution in [3.63, 3.8) is 0 Å². The molecule has 1 N–H and O–H groups in total. The third-order valence-electron chi connectivity index (χ3n) is 3.78. The summed E-state index contributed by atoms with van der Waals surface area (Å²) in [4.78, 5) is 17.6. The van der Waals surface area contributed by atoms with Gasteiger partial charge in [0.2, 0.25) is 5.91 Å². The van der Waals surface area contributed by atoms with E-state index in [1.807, 2.05) is 23.4 Å². The number of carbonyl (C=O) groups excluding carboxylic acids is 1. The number of hydrogen-bond donors (Lipinski definition) is 1. The lowest BCUT2D eigenvalue weighted by molar-refractivity contribution is -0.134. The molecule has 1 aromatic heterocycles. The highest BCUT2D eigenvalue weighted by molar-refractivity contribution is 5.76. The van der Waals surface area contributed by atoms with Crippen molar-refractivity contribution < 1.29 is 9.53 Å². The molecule has 0 atom stereocenters. The Balaban J connectivity index is 1.92. The van der Waals surface area contributed by atoms with E-state index >= 15 is 0 Å². The summed E-state index contributed by atoms with van der Waals surface area (Å²) >= 11 is 0. The molecule has 0 radical (unpaired) electrons. The lowest BCUT2D eigenvalue weighted by Crippen LogP contribution is -2.35. The Morgan fingerprint density at radius 1 is 1.45 bits per heavy atom. The highest BCUT2D eigenvalue weighted by Crippen LogP contribution is 2.20. The monoisotopic (exact) mass is 278 g/mol. The number of hydrogen-bond acceptors (Lipinski definition) is 2. The molecule has 1 fully saturated rings. The Hall–Kier alpha value is -1.29. The second-order valence-corrected chi connectivity index (χ2v) is 6.15. The summed E-state index contributed by atoms with van der Waals surface area (Å²) in [5.41, 5.74) is 1.17. The standard InChI is InChI=1S/C16H26N2O2/c1-13(2)11-18(12-15-3-6-17-10-15)16(19)9-14-4-7-20-8-5-14/h3,6,10,13-14,17H,4-5,7-9,11-12H2,1-2H3. The molecule has 4 nitrogen and oxygen atoms in total. The van der Waals surface area contributed by atoms with Crippen molar-refractivity contribution in [2.45, 2.75) is 39.7 Å². The van der Waals surface area contributed by atoms with Crippen molar-refractivity contribution in [3.05, 3.63) is 24.0 Å². The second kappa shape index (κ2) is 7.48. The van der Waals surface area contributed by atoms with Gasteiger partial charge in [0, 0.05) is 45.1 Å². The molecule has 0 spiro atoms. The molecule has 20 heavy (non-hydrogen) atoms. The van der Waals surface area contributed by atoms with Crippen molar-refractivity contribution in [1.82, 2.24) is 9.88 Å². The quantitative estimate of drug-likeness (QED) is 0.869. The first-order chi connectivity index (χ1) is 9.65. The molecule has 2 heterocycles. The van der Waals surface area contributed by atoms with Gasteiger partial charge in [-0.1, -0.05) is 13.8 Å². The molecule has 0 aromatic carbocycles. The number of ether oxygens (including phenoxy) is 1. The van der Waals surface area contributed by atoms with Crippen LogP contribution in [-0.2, 0) is 16.1 Å². The number of aromatic nitrogens is 1. The van der Waals surface area contributed by atoms with Gasteiger partial charge in [-0.05, 0) is 36.3 Å². The van der Waals surface area contributed by atoms with Crippen LogP contribution in [0.3, 0.4) is 0 Å². The van der Waals surface area contributed by atoms with Crippen molar-refractivity contribution in [2.24, 2.45) is 11.8 Å². The molecular formula is C16H26N2O2. The third kappa shape index (κ3) is 4.67. The summed E-state index contributed by atoms with van der Waals surface area (Å²) < 4.78 is 5.36. The summed E-state index contributed by atoms with van der Waals surface area (Å²) in [5, 5.41) is 0. The average molecular weight is 278 g/mol. The van der Waals surface area contributed by atoms with Gasteiger partial charge in [-0.25, -0.2) is 0 Å². The molecule has 0 unspecified atom stereocenters. The van der Waals surface area contributed by atoms with E-state index in [0.717, 1.165) is 32.6 Å². The SMILES string of the molecule is CC(C)CN(Cc1cc[nH]c1)C(=O)CC1CCOCC1. The summed E-state index contributed by atoms with van der Waals surface area (Å²) in [5.74, 6) is 1.27. The molecule has 1 saturated heterocycles. The summed E-state index contributed by atoms with van der Waals surface area (Å²) in [7, 11) is 0. The fourth-order valence-corrected chi connectivity index (χ4v) is 2.70. The molecule has 0 aliphatic carbocycles. The van der Waals surface area contributed by atoms with Crippen molar-refractivity contribution in [2.75, 3.05) is 19.8 Å². The predicted octanol–water partition coefficient (Wildman–Crippen LogP) is 2.82. The van der Waals surface area contributed by atoms with Crippen LogP contribution in [0.2, 0.25) is 0 Å². The van der Waals surface area contributed by atoms with Gasteiger partial charge in [-0.15, -0.1) is 0 Å². The fourth-order valence-electron chi connectivity index (χ4n) is 2.70. The van der Waals surface area contributed by atoms with Gasteiger partial charge in [-0.2, -0.15) is 0 Å². The number of nitrogens with one attached hydrogen (secondary N) is 1. The molecule has 2 rings (SSSR count). The minimum absolute atomic E-state index is 0.284. The average Bonchev–Trinajstić information content (AvgIpc) is 2.91. The Bertz CT molecular complexity index is 395. The Labute approximate surface area is 121 Å². The van der Waals surface area contributed by atoms with Crippen molar-refractivity contribution in [3.8, 4) is 0 Å². The van der Waals surface area contributed by atoms with E-state index in [-0.39, 0.29) is 5.91 Å². The van der Waals surface area contributed by atoms with Gasteiger partial charge in [0.25, 0.3) is 0 Å². The summed E-state index contributed by atoms with van der Waals surface area (Å²) in [6.07, 6.45) is 6.58. The number of carbonyl (C=O) groups is 1. The maximum atomic E-state index is 12.5. The molecular weight excluding hydrogens is 252 g/mol. The first-order valence-corrected chi connectivity index (χ1v) is 7.62. The van der Waals surface area contributed by atoms with E-state index in [9.17, 15) is 4.79 Å². The molecule has 0 saturated carbocycles. The topological polar surface area (TPSA) is 45.3 Å². The number of nitrogens with zero attached hydrogens (tertiary/aromatic N) is 1. The Morgan fingerprint density at radius 2 is 2.20 bits per heavy atom. The van der Waals surface area contributed by atoms with E-state index in [1.165, 1.54) is 5.56 Å². The van der Waals surface area contributed by atoms with Crippen molar-refractivity contribution >= 4 is 5.91 Å². The van der Waals surface area contributed by atoms with Crippen LogP contribution in [-0.4, -0.2) is 35.5 Å². The molecule has 0 bridgehead atoms. The maximum absolute atomic E-state index is 12.5. The minimum atomic E-state index is 0.284. The number of rotatable bonds is 6. The fraction of sp³-hybridized carbons (Fsp3) is 0.688. The molecule has 1 aliphatic heterocycles. The lowest BCUT2D eigenvalue weighted by Gasteiger charge is -2.28. The van der Waals surface area contributed by atoms with E-state index in [2.05, 4.69) is 18.8 Å². The molecule has 4 heteroatoms. The van der Waals surface area contributed by atoms with E-state index in [4.69, 9.17) is 4.74 Å². The third-order valence-corrected chi connectivity index (χ3v) is 3.78. The molecule has 1 aliphatic rings. The van der Waals surface area contributed by atoms with Crippen LogP contribution in [0.1, 0.15) is 38.7 Å². The first-order valence-electron chi connectivity index (χ1n) is 7.62. The van der Waals surface area contributed by atoms with Gasteiger partial charge in [0.05, 0.1) is 0 Å². The van der Waals surface area contributed by atoms with Gasteiger partial charge in [0.15, 0.2) is 0 Å². The predicted molar refractivity (Wildman–Crippen MR) is 79.2 cm³/mol. The van der Waals surface area contributed by atoms with Crippen LogP contribution < -0.4 is 0 Å². The second-order valence-electron chi connectivity index (χ2n) is 6.15. The van der Waals surface area contributed by atoms with E-state index in [0.29, 0.717) is 24.8 Å². The van der Waals surface area contributed by atoms with Crippen molar-refractivity contribution in [1.29, 1.82) is 0 Å².